The van der Waals surface area contributed by atoms with Gasteiger partial charge in [-0.2, -0.15) is 18.8 Å². The van der Waals surface area contributed by atoms with Crippen LogP contribution in [0.15, 0.2) is 0 Å². The molecule has 0 N–H and O–H groups in total. The predicted octanol–water partition coefficient (Wildman–Crippen LogP) is 3.32. The first kappa shape index (κ1) is 10.2. The molecule has 1 heteroatoms. The summed E-state index contributed by atoms with van der Waals surface area (Å²) < 4.78 is 0. The molecule has 0 aromatic heterocycles. The van der Waals surface area contributed by atoms with Crippen molar-refractivity contribution >= 4 is 0 Å². The molecule has 0 nitrogen and oxygen atoms in total. The van der Waals surface area contributed by atoms with Crippen molar-refractivity contribution in [2.24, 2.45) is 5.92 Å². The number of hydrogen-bond donors (Lipinski definition) is 0. The number of fused-ring (bicyclic) bond motifs is 1. The van der Waals surface area contributed by atoms with E-state index in [-0.39, 0.29) is 32.7 Å². The molecule has 0 saturated heterocycles. The molecule has 2 rings (SSSR count). The SMILES string of the molecule is C1CCC2CCCC[C-]2C1.[Y]. The Hall–Kier alpha value is 1.10. The Morgan fingerprint density at radius 2 is 1.36 bits per heavy atom. The molecule has 0 heterocycles. The van der Waals surface area contributed by atoms with Gasteiger partial charge >= 0.3 is 0 Å². The normalized spacial score (nSPS) is 27.3. The Morgan fingerprint density at radius 3 is 1.82 bits per heavy atom. The van der Waals surface area contributed by atoms with Crippen molar-refractivity contribution in [3.8, 4) is 0 Å². The maximum absolute atomic E-state index is 1.93. The molecule has 2 fully saturated rings. The summed E-state index contributed by atoms with van der Waals surface area (Å²) >= 11 is 0. The molecule has 2 aliphatic rings. The van der Waals surface area contributed by atoms with Crippen LogP contribution in [0.1, 0.15) is 51.4 Å². The summed E-state index contributed by atoms with van der Waals surface area (Å²) in [4.78, 5) is 0. The first-order valence-electron chi connectivity index (χ1n) is 4.81. The number of rotatable bonds is 0. The molecule has 0 aromatic rings. The summed E-state index contributed by atoms with van der Waals surface area (Å²) in [5.74, 6) is 3.00. The van der Waals surface area contributed by atoms with Crippen LogP contribution < -0.4 is 0 Å². The van der Waals surface area contributed by atoms with Gasteiger partial charge in [-0.1, -0.05) is 38.5 Å². The Labute approximate surface area is 95.4 Å². The van der Waals surface area contributed by atoms with Crippen molar-refractivity contribution in [1.29, 1.82) is 0 Å². The molecule has 0 spiro atoms. The van der Waals surface area contributed by atoms with Crippen LogP contribution in [0, 0.1) is 11.8 Å². The fraction of sp³-hybridized carbons (Fsp3) is 0.900. The molecule has 0 unspecified atom stereocenters. The largest absolute Gasteiger partial charge is 0.311 e. The zero-order valence-corrected chi connectivity index (χ0v) is 10.1. The third-order valence-corrected chi connectivity index (χ3v) is 3.18. The molecular formula is C10H17Y-. The van der Waals surface area contributed by atoms with Crippen molar-refractivity contribution in [1.82, 2.24) is 0 Å². The van der Waals surface area contributed by atoms with E-state index in [4.69, 9.17) is 0 Å². The van der Waals surface area contributed by atoms with Gasteiger partial charge < -0.3 is 5.92 Å². The van der Waals surface area contributed by atoms with Crippen molar-refractivity contribution in [2.75, 3.05) is 0 Å². The van der Waals surface area contributed by atoms with Gasteiger partial charge in [0.1, 0.15) is 0 Å². The van der Waals surface area contributed by atoms with Gasteiger partial charge in [0, 0.05) is 32.7 Å². The Kier molecular flexibility index (Phi) is 4.60. The monoisotopic (exact) mass is 226 g/mol. The second-order valence-corrected chi connectivity index (χ2v) is 3.85. The Morgan fingerprint density at radius 1 is 0.818 bits per heavy atom. The van der Waals surface area contributed by atoms with Gasteiger partial charge in [-0.05, 0) is 0 Å². The predicted molar refractivity (Wildman–Crippen MR) is 43.7 cm³/mol. The molecule has 11 heavy (non-hydrogen) atoms. The van der Waals surface area contributed by atoms with Crippen LogP contribution in [0.4, 0.5) is 0 Å². The first-order chi connectivity index (χ1) is 4.97. The number of hydrogen-bond acceptors (Lipinski definition) is 0. The second kappa shape index (κ2) is 4.97. The topological polar surface area (TPSA) is 0 Å². The van der Waals surface area contributed by atoms with Crippen molar-refractivity contribution in [2.45, 2.75) is 51.4 Å². The Balaban J connectivity index is 0.000000605. The van der Waals surface area contributed by atoms with Gasteiger partial charge in [0.2, 0.25) is 0 Å². The summed E-state index contributed by atoms with van der Waals surface area (Å²) in [5, 5.41) is 0. The molecule has 2 saturated carbocycles. The van der Waals surface area contributed by atoms with E-state index in [9.17, 15) is 0 Å². The van der Waals surface area contributed by atoms with Crippen LogP contribution in [0.25, 0.3) is 0 Å². The first-order valence-corrected chi connectivity index (χ1v) is 4.81. The molecule has 61 valence electrons. The maximum Gasteiger partial charge on any atom is 0 e. The van der Waals surface area contributed by atoms with Gasteiger partial charge in [-0.15, -0.1) is 0 Å². The fourth-order valence-electron chi connectivity index (χ4n) is 2.57. The zero-order chi connectivity index (χ0) is 6.81. The Bertz CT molecular complexity index is 85.4. The van der Waals surface area contributed by atoms with Crippen LogP contribution in [0.2, 0.25) is 0 Å². The van der Waals surface area contributed by atoms with Gasteiger partial charge in [0.05, 0.1) is 0 Å². The minimum atomic E-state index is 0. The maximum atomic E-state index is 1.93. The molecule has 0 aromatic carbocycles. The van der Waals surface area contributed by atoms with Gasteiger partial charge in [0.15, 0.2) is 0 Å². The van der Waals surface area contributed by atoms with E-state index in [0.717, 1.165) is 5.92 Å². The van der Waals surface area contributed by atoms with Gasteiger partial charge in [0.25, 0.3) is 0 Å². The molecule has 0 atom stereocenters. The molecule has 0 amide bonds. The summed E-state index contributed by atoms with van der Waals surface area (Å²) in [6, 6.07) is 0. The van der Waals surface area contributed by atoms with E-state index in [2.05, 4.69) is 0 Å². The zero-order valence-electron chi connectivity index (χ0n) is 7.31. The molecule has 2 aliphatic carbocycles. The average molecular weight is 226 g/mol. The average Bonchev–Trinajstić information content (AvgIpc) is 2.05. The summed E-state index contributed by atoms with van der Waals surface area (Å²) in [6.45, 7) is 0. The fourth-order valence-corrected chi connectivity index (χ4v) is 2.57. The standard InChI is InChI=1S/C10H17.Y/c1-2-6-10-8-4-3-7-9(10)5-1;/h9H,1-8H2;/q-1;. The van der Waals surface area contributed by atoms with Crippen LogP contribution in [-0.4, -0.2) is 0 Å². The van der Waals surface area contributed by atoms with E-state index in [0.29, 0.717) is 0 Å². The van der Waals surface area contributed by atoms with E-state index in [1.807, 2.05) is 5.92 Å². The summed E-state index contributed by atoms with van der Waals surface area (Å²) in [5.41, 5.74) is 0. The quantitative estimate of drug-likeness (QED) is 0.556. The molecule has 0 bridgehead atoms. The van der Waals surface area contributed by atoms with Gasteiger partial charge in [-0.3, -0.25) is 0 Å². The van der Waals surface area contributed by atoms with Crippen LogP contribution >= 0.6 is 0 Å². The molecule has 0 aliphatic heterocycles. The van der Waals surface area contributed by atoms with Crippen LogP contribution in [0.5, 0.6) is 0 Å². The minimum absolute atomic E-state index is 0. The third kappa shape index (κ3) is 2.52. The molecular weight excluding hydrogens is 209 g/mol. The van der Waals surface area contributed by atoms with E-state index in [1.165, 1.54) is 51.4 Å². The van der Waals surface area contributed by atoms with E-state index < -0.39 is 0 Å². The summed E-state index contributed by atoms with van der Waals surface area (Å²) in [6.07, 6.45) is 12.0. The van der Waals surface area contributed by atoms with E-state index >= 15 is 0 Å². The van der Waals surface area contributed by atoms with Crippen LogP contribution in [0.3, 0.4) is 0 Å². The van der Waals surface area contributed by atoms with Gasteiger partial charge in [-0.25, -0.2) is 0 Å². The second-order valence-electron chi connectivity index (χ2n) is 3.85. The van der Waals surface area contributed by atoms with Crippen molar-refractivity contribution in [3.63, 3.8) is 0 Å². The summed E-state index contributed by atoms with van der Waals surface area (Å²) in [7, 11) is 0. The minimum Gasteiger partial charge on any atom is -0.311 e. The third-order valence-electron chi connectivity index (χ3n) is 3.18. The van der Waals surface area contributed by atoms with Crippen molar-refractivity contribution in [3.05, 3.63) is 5.92 Å². The smallest absolute Gasteiger partial charge is 0 e. The molecule has 1 radical (unpaired) electrons. The van der Waals surface area contributed by atoms with Crippen LogP contribution in [-0.2, 0) is 32.7 Å². The van der Waals surface area contributed by atoms with Crippen molar-refractivity contribution < 1.29 is 32.7 Å². The van der Waals surface area contributed by atoms with E-state index in [1.54, 1.807) is 0 Å².